The van der Waals surface area contributed by atoms with Crippen molar-refractivity contribution in [3.05, 3.63) is 337 Å². The molecule has 23 nitrogen and oxygen atoms in total. The fourth-order valence-electron chi connectivity index (χ4n) is 12.9. The third kappa shape index (κ3) is 16.4. The number of carbonyl (C=O) groups is 8. The van der Waals surface area contributed by atoms with Crippen molar-refractivity contribution in [2.45, 2.75) is 38.8 Å². The Balaban J connectivity index is 0.000000136. The predicted molar refractivity (Wildman–Crippen MR) is 410 cm³/mol. The zero-order chi connectivity index (χ0) is 77.5. The van der Waals surface area contributed by atoms with Gasteiger partial charge < -0.3 is 20.4 Å². The van der Waals surface area contributed by atoms with Crippen molar-refractivity contribution in [3.8, 4) is 0 Å². The maximum Gasteiger partial charge on any atom is 0.262 e. The summed E-state index contributed by atoms with van der Waals surface area (Å²) in [6.07, 6.45) is 2.82. The summed E-state index contributed by atoms with van der Waals surface area (Å²) in [5.41, 5.74) is 7.36. The van der Waals surface area contributed by atoms with Crippen LogP contribution in [0.4, 0.5) is 0 Å². The Hall–Kier alpha value is -11.7. The minimum absolute atomic E-state index is 0.00835. The molecule has 9 aromatic carbocycles. The molecule has 6 aliphatic rings. The lowest BCUT2D eigenvalue weighted by Gasteiger charge is -2.37. The minimum Gasteiger partial charge on any atom is -0.395 e. The van der Waals surface area contributed by atoms with Crippen molar-refractivity contribution < 1.29 is 72.0 Å². The van der Waals surface area contributed by atoms with E-state index in [4.69, 9.17) is 5.73 Å². The van der Waals surface area contributed by atoms with Gasteiger partial charge in [-0.25, -0.2) is 33.7 Å². The lowest BCUT2D eigenvalue weighted by atomic mass is 9.84. The van der Waals surface area contributed by atoms with Gasteiger partial charge in [-0.05, 0) is 92.5 Å². The van der Waals surface area contributed by atoms with E-state index in [1.165, 1.54) is 66.7 Å². The molecule has 2 aliphatic heterocycles. The van der Waals surface area contributed by atoms with Crippen LogP contribution in [0.15, 0.2) is 306 Å². The largest absolute Gasteiger partial charge is 0.395 e. The maximum atomic E-state index is 13.3. The van der Waals surface area contributed by atoms with Crippen LogP contribution >= 0.6 is 15.9 Å². The van der Waals surface area contributed by atoms with Gasteiger partial charge in [-0.2, -0.15) is 0 Å². The molecule has 0 saturated carbocycles. The molecule has 2 saturated heterocycles. The number of hydrogen-bond donors (Lipinski definition) is 4. The van der Waals surface area contributed by atoms with Gasteiger partial charge in [0.05, 0.1) is 36.6 Å². The van der Waals surface area contributed by atoms with E-state index in [-0.39, 0.29) is 110 Å². The van der Waals surface area contributed by atoms with E-state index in [9.17, 15) is 72.0 Å². The number of nitrogens with zero attached hydrogens (tertiary/aromatic N) is 3. The van der Waals surface area contributed by atoms with E-state index in [2.05, 4.69) is 35.0 Å². The van der Waals surface area contributed by atoms with E-state index in [0.29, 0.717) is 56.0 Å². The first-order chi connectivity index (χ1) is 52.2. The number of nitrogens with one attached hydrogen (secondary N) is 3. The summed E-state index contributed by atoms with van der Waals surface area (Å²) in [5.74, 6) is -4.19. The molecule has 554 valence electrons. The van der Waals surface area contributed by atoms with Gasteiger partial charge in [0.25, 0.3) is 30.1 Å². The van der Waals surface area contributed by atoms with Gasteiger partial charge in [-0.3, -0.25) is 52.5 Å². The number of hydrogen-bond acceptors (Lipinski definition) is 20. The molecule has 5 N–H and O–H groups in total. The number of piperazine rings is 1. The Morgan fingerprint density at radius 1 is 0.330 bits per heavy atom. The summed E-state index contributed by atoms with van der Waals surface area (Å²) in [7, 11) is -13.9. The number of sulfonamides is 3. The number of benzene rings is 9. The highest BCUT2D eigenvalue weighted by Crippen LogP contribution is 2.36. The zero-order valence-electron chi connectivity index (χ0n) is 58.1. The average Bonchev–Trinajstić information content (AvgIpc) is 0.884. The standard InChI is InChI=1S/C22H15NO4S.C21H19BrN2O4S.C21H21N3O4S.C17H13NO4S/c24-21-17-13-7-8-14-18(17)22(25)20(19(21)15-9-3-1-4-10-15)23-28(26,27)16-11-5-2-6-12-16;22-14-8-10-15(11-9-14)29(27,28)23-18-19(24-12-4-1-5-13-24)21(26)17-7-3-2-6-16(17)20(18)25;1-23-11-13-24(14-12-23)19-18(22-29(27,28)15-7-3-2-4-8-15)20(25)16-9-5-6-10-17(16)21(19)26;18-15-14(10-23(21,22)11-6-2-1-3-7-11)16(19)12-8-4-5-9-13(12)17(15)20/h1-14,23H;2-3,6-11,23H,1,4-5,12-13H2;2-10,22H,11-14H2,1H3;1-9H,10,18H2. The van der Waals surface area contributed by atoms with E-state index < -0.39 is 80.4 Å². The van der Waals surface area contributed by atoms with Crippen LogP contribution in [0, 0.1) is 0 Å². The number of carbonyl (C=O) groups excluding carboxylic acids is 8. The number of piperidine rings is 1. The number of rotatable bonds is 15. The second-order valence-corrected chi connectivity index (χ2v) is 33.5. The lowest BCUT2D eigenvalue weighted by molar-refractivity contribution is 0.0913. The first-order valence-corrected chi connectivity index (χ1v) is 41.0. The SMILES string of the molecule is CN1CCN(C2=C(NS(=O)(=O)c3ccccc3)C(=O)c3ccccc3C2=O)CC1.NC1=C(CS(=O)(=O)c2ccccc2)C(=O)c2ccccc2C1=O.O=C1C(NS(=O)(=O)c2ccc(Br)cc2)=C(N2CCCCC2)C(=O)c2ccccc21.O=C1C(NS(=O)(=O)c2ccccc2)=C(c2ccccc2)C(=O)c2ccccc21. The zero-order valence-corrected chi connectivity index (χ0v) is 63.0. The van der Waals surface area contributed by atoms with Gasteiger partial charge in [0.15, 0.2) is 21.4 Å². The molecule has 0 bridgehead atoms. The highest BCUT2D eigenvalue weighted by Gasteiger charge is 2.41. The Bertz CT molecular complexity index is 5810. The Kier molecular flexibility index (Phi) is 22.9. The molecule has 0 atom stereocenters. The van der Waals surface area contributed by atoms with E-state index in [1.54, 1.807) is 181 Å². The van der Waals surface area contributed by atoms with Crippen LogP contribution in [-0.4, -0.2) is 147 Å². The normalized spacial score (nSPS) is 16.1. The minimum atomic E-state index is -4.04. The summed E-state index contributed by atoms with van der Waals surface area (Å²) < 4.78 is 110. The van der Waals surface area contributed by atoms with Gasteiger partial charge in [0.2, 0.25) is 34.7 Å². The molecule has 28 heteroatoms. The molecule has 0 unspecified atom stereocenters. The molecule has 0 spiro atoms. The van der Waals surface area contributed by atoms with Crippen LogP contribution in [-0.2, 0) is 39.9 Å². The van der Waals surface area contributed by atoms with Gasteiger partial charge in [0, 0.05) is 93.8 Å². The van der Waals surface area contributed by atoms with Crippen molar-refractivity contribution in [2.24, 2.45) is 5.73 Å². The quantitative estimate of drug-likeness (QED) is 0.0741. The first kappa shape index (κ1) is 77.0. The molecular formula is C81H68BrN7O16S4. The van der Waals surface area contributed by atoms with Crippen LogP contribution < -0.4 is 19.9 Å². The number of halogens is 1. The summed E-state index contributed by atoms with van der Waals surface area (Å²) in [6, 6.07) is 63.7. The molecule has 0 radical (unpaired) electrons. The fourth-order valence-corrected chi connectivity index (χ4v) is 17.8. The average molecular weight is 1600 g/mol. The van der Waals surface area contributed by atoms with Crippen LogP contribution in [0.2, 0.25) is 0 Å². The topological polar surface area (TPSA) is 345 Å². The molecule has 15 rings (SSSR count). The Morgan fingerprint density at radius 2 is 0.642 bits per heavy atom. The van der Waals surface area contributed by atoms with Crippen molar-refractivity contribution in [1.29, 1.82) is 0 Å². The van der Waals surface area contributed by atoms with Crippen LogP contribution in [0.3, 0.4) is 0 Å². The maximum absolute atomic E-state index is 13.3. The van der Waals surface area contributed by atoms with Crippen molar-refractivity contribution >= 4 is 108 Å². The Morgan fingerprint density at radius 3 is 1.06 bits per heavy atom. The van der Waals surface area contributed by atoms with E-state index >= 15 is 0 Å². The third-order valence-electron chi connectivity index (χ3n) is 18.5. The van der Waals surface area contributed by atoms with Crippen LogP contribution in [0.1, 0.15) is 108 Å². The number of fused-ring (bicyclic) bond motifs is 4. The summed E-state index contributed by atoms with van der Waals surface area (Å²) in [6.45, 7) is 3.71. The number of likely N-dealkylation sites (tertiary alicyclic amines) is 1. The molecule has 2 heterocycles. The molecule has 109 heavy (non-hydrogen) atoms. The molecular weight excluding hydrogens is 1540 g/mol. The van der Waals surface area contributed by atoms with Gasteiger partial charge in [-0.1, -0.05) is 198 Å². The second-order valence-electron chi connectivity index (χ2n) is 25.6. The van der Waals surface area contributed by atoms with Gasteiger partial charge in [0.1, 0.15) is 28.5 Å². The van der Waals surface area contributed by atoms with Crippen molar-refractivity contribution in [3.63, 3.8) is 0 Å². The summed E-state index contributed by atoms with van der Waals surface area (Å²) in [4.78, 5) is 110. The lowest BCUT2D eigenvalue weighted by Crippen LogP contribution is -2.48. The van der Waals surface area contributed by atoms with Crippen LogP contribution in [0.25, 0.3) is 5.57 Å². The molecule has 9 aromatic rings. The molecule has 0 amide bonds. The van der Waals surface area contributed by atoms with Crippen molar-refractivity contribution in [2.75, 3.05) is 52.1 Å². The fraction of sp³-hybridized carbons (Fsp3) is 0.136. The number of Topliss-reactive ketones (excluding diaryl/α,β-unsaturated/α-hetero) is 8. The molecule has 2 fully saturated rings. The summed E-state index contributed by atoms with van der Waals surface area (Å²) >= 11 is 3.28. The predicted octanol–water partition coefficient (Wildman–Crippen LogP) is 10.2. The number of allylic oxidation sites excluding steroid dienone is 7. The van der Waals surface area contributed by atoms with E-state index in [1.807, 2.05) is 11.9 Å². The molecule has 0 aromatic heterocycles. The monoisotopic (exact) mass is 1600 g/mol. The van der Waals surface area contributed by atoms with Crippen LogP contribution in [0.5, 0.6) is 0 Å². The number of likely N-dealkylation sites (N-methyl/N-ethyl adjacent to an activating group) is 1. The smallest absolute Gasteiger partial charge is 0.262 e. The second kappa shape index (κ2) is 32.4. The highest BCUT2D eigenvalue weighted by atomic mass is 79.9. The number of sulfone groups is 1. The van der Waals surface area contributed by atoms with E-state index in [0.717, 1.165) is 23.7 Å². The first-order valence-electron chi connectivity index (χ1n) is 34.1. The highest BCUT2D eigenvalue weighted by molar-refractivity contribution is 9.10. The van der Waals surface area contributed by atoms with Crippen molar-refractivity contribution in [1.82, 2.24) is 28.9 Å². The Labute approximate surface area is 637 Å². The van der Waals surface area contributed by atoms with Gasteiger partial charge in [-0.15, -0.1) is 0 Å². The summed E-state index contributed by atoms with van der Waals surface area (Å²) in [5, 5.41) is 0. The van der Waals surface area contributed by atoms with Gasteiger partial charge >= 0.3 is 0 Å². The number of nitrogens with two attached hydrogens (primary N) is 1. The molecule has 4 aliphatic carbocycles. The number of ketones is 8. The third-order valence-corrected chi connectivity index (χ3v) is 24.8.